The Morgan fingerprint density at radius 2 is 1.97 bits per heavy atom. The first-order valence-corrected chi connectivity index (χ1v) is 11.2. The highest BCUT2D eigenvalue weighted by molar-refractivity contribution is 6.35. The molecule has 6 nitrogen and oxygen atoms in total. The van der Waals surface area contributed by atoms with E-state index in [-0.39, 0.29) is 36.1 Å². The number of fused-ring (bicyclic) bond motifs is 1. The molecule has 1 aliphatic carbocycles. The number of aromatic nitrogens is 1. The minimum atomic E-state index is -0.294. The molecule has 7 heteroatoms. The first-order chi connectivity index (χ1) is 14.7. The summed E-state index contributed by atoms with van der Waals surface area (Å²) in [6.07, 6.45) is 1.65. The fraction of sp³-hybridized carbons (Fsp3) is 0.500. The maximum absolute atomic E-state index is 13.5. The molecule has 0 radical (unpaired) electrons. The predicted molar refractivity (Wildman–Crippen MR) is 120 cm³/mol. The van der Waals surface area contributed by atoms with Crippen molar-refractivity contribution in [3.8, 4) is 5.75 Å². The molecule has 0 bridgehead atoms. The Morgan fingerprint density at radius 3 is 2.58 bits per heavy atom. The number of benzene rings is 1. The van der Waals surface area contributed by atoms with Crippen LogP contribution in [0.2, 0.25) is 5.02 Å². The number of pyridine rings is 1. The number of carbonyl (C=O) groups excluding carboxylic acids is 1. The summed E-state index contributed by atoms with van der Waals surface area (Å²) in [7, 11) is 0. The van der Waals surface area contributed by atoms with Crippen LogP contribution in [-0.4, -0.2) is 39.7 Å². The van der Waals surface area contributed by atoms with E-state index in [4.69, 9.17) is 16.3 Å². The van der Waals surface area contributed by atoms with Crippen molar-refractivity contribution >= 4 is 17.5 Å². The van der Waals surface area contributed by atoms with Gasteiger partial charge in [-0.15, -0.1) is 0 Å². The number of aryl methyl sites for hydroxylation is 2. The third kappa shape index (κ3) is 4.11. The van der Waals surface area contributed by atoms with Crippen molar-refractivity contribution in [2.75, 3.05) is 6.54 Å². The number of rotatable bonds is 5. The molecule has 2 N–H and O–H groups in total. The summed E-state index contributed by atoms with van der Waals surface area (Å²) >= 11 is 6.69. The molecule has 2 heterocycles. The highest BCUT2D eigenvalue weighted by Crippen LogP contribution is 2.45. The molecule has 2 aliphatic rings. The summed E-state index contributed by atoms with van der Waals surface area (Å²) in [5.74, 6) is 0.532. The van der Waals surface area contributed by atoms with Crippen molar-refractivity contribution in [1.29, 1.82) is 0 Å². The number of H-pyrrole nitrogens is 1. The van der Waals surface area contributed by atoms with Crippen LogP contribution in [0.25, 0.3) is 0 Å². The Balaban J connectivity index is 1.73. The van der Waals surface area contributed by atoms with E-state index in [1.807, 2.05) is 39.8 Å². The second kappa shape index (κ2) is 8.32. The minimum absolute atomic E-state index is 0.0843. The molecule has 166 valence electrons. The van der Waals surface area contributed by atoms with Gasteiger partial charge in [0.25, 0.3) is 11.5 Å². The normalized spacial score (nSPS) is 20.6. The van der Waals surface area contributed by atoms with Gasteiger partial charge in [0.2, 0.25) is 0 Å². The van der Waals surface area contributed by atoms with Crippen LogP contribution in [-0.2, 0) is 13.0 Å². The van der Waals surface area contributed by atoms with Gasteiger partial charge in [0.15, 0.2) is 0 Å². The topological polar surface area (TPSA) is 82.6 Å². The molecule has 1 saturated carbocycles. The molecular weight excluding hydrogens is 416 g/mol. The number of ether oxygens (including phenoxy) is 1. The molecule has 1 aliphatic heterocycles. The van der Waals surface area contributed by atoms with Crippen LogP contribution in [0.4, 0.5) is 0 Å². The molecule has 1 aromatic heterocycles. The largest absolute Gasteiger partial charge is 0.489 e. The van der Waals surface area contributed by atoms with Crippen LogP contribution < -0.4 is 10.3 Å². The summed E-state index contributed by atoms with van der Waals surface area (Å²) in [6, 6.07) is 3.87. The van der Waals surface area contributed by atoms with Crippen molar-refractivity contribution in [1.82, 2.24) is 9.88 Å². The van der Waals surface area contributed by atoms with Crippen LogP contribution in [0.15, 0.2) is 16.9 Å². The molecule has 1 fully saturated rings. The zero-order chi connectivity index (χ0) is 22.4. The van der Waals surface area contributed by atoms with Gasteiger partial charge in [-0.1, -0.05) is 11.6 Å². The number of nitrogens with one attached hydrogen (secondary N) is 1. The number of amides is 1. The van der Waals surface area contributed by atoms with Gasteiger partial charge < -0.3 is 19.7 Å². The maximum Gasteiger partial charge on any atom is 0.256 e. The second-order valence-electron chi connectivity index (χ2n) is 9.04. The number of halogens is 1. The number of aromatic amines is 1. The lowest BCUT2D eigenvalue weighted by molar-refractivity contribution is 0.0706. The van der Waals surface area contributed by atoms with Crippen LogP contribution in [0, 0.1) is 13.8 Å². The molecule has 1 amide bonds. The monoisotopic (exact) mass is 444 g/mol. The van der Waals surface area contributed by atoms with Crippen LogP contribution >= 0.6 is 11.6 Å². The summed E-state index contributed by atoms with van der Waals surface area (Å²) in [4.78, 5) is 30.5. The zero-order valence-electron chi connectivity index (χ0n) is 18.4. The number of aliphatic hydroxyl groups is 1. The van der Waals surface area contributed by atoms with Gasteiger partial charge >= 0.3 is 0 Å². The van der Waals surface area contributed by atoms with E-state index >= 15 is 0 Å². The summed E-state index contributed by atoms with van der Waals surface area (Å²) in [6.45, 7) is 8.33. The lowest BCUT2D eigenvalue weighted by atomic mass is 9.74. The maximum atomic E-state index is 13.5. The second-order valence-corrected chi connectivity index (χ2v) is 9.42. The fourth-order valence-corrected chi connectivity index (χ4v) is 4.95. The average Bonchev–Trinajstić information content (AvgIpc) is 2.65. The fourth-order valence-electron chi connectivity index (χ4n) is 4.66. The molecule has 1 aromatic carbocycles. The molecule has 4 rings (SSSR count). The van der Waals surface area contributed by atoms with Gasteiger partial charge in [0.05, 0.1) is 29.3 Å². The third-order valence-electron chi connectivity index (χ3n) is 6.26. The van der Waals surface area contributed by atoms with Gasteiger partial charge in [-0.2, -0.15) is 0 Å². The molecule has 0 saturated heterocycles. The van der Waals surface area contributed by atoms with Gasteiger partial charge in [0, 0.05) is 17.8 Å². The van der Waals surface area contributed by atoms with Crippen molar-refractivity contribution < 1.29 is 14.6 Å². The van der Waals surface area contributed by atoms with Crippen LogP contribution in [0.5, 0.6) is 5.75 Å². The van der Waals surface area contributed by atoms with E-state index in [1.54, 1.807) is 4.90 Å². The predicted octanol–water partition coefficient (Wildman–Crippen LogP) is 3.87. The number of hydrogen-bond acceptors (Lipinski definition) is 4. The quantitative estimate of drug-likeness (QED) is 0.733. The minimum Gasteiger partial charge on any atom is -0.489 e. The molecule has 0 atom stereocenters. The highest BCUT2D eigenvalue weighted by atomic mass is 35.5. The standard InChI is InChI=1S/C24H29ClN2O4/c1-12(2)31-20-10-18(15-8-16(28)9-15)17-5-6-27(24(30)21(17)22(20)25)11-19-13(3)7-14(4)26-23(19)29/h7,10,12,15-16,28H,5-6,8-9,11H2,1-4H3,(H,26,29). The van der Waals surface area contributed by atoms with E-state index in [9.17, 15) is 14.7 Å². The Hall–Kier alpha value is -2.31. The summed E-state index contributed by atoms with van der Waals surface area (Å²) < 4.78 is 5.93. The molecule has 0 unspecified atom stereocenters. The zero-order valence-corrected chi connectivity index (χ0v) is 19.2. The van der Waals surface area contributed by atoms with E-state index in [2.05, 4.69) is 4.98 Å². The van der Waals surface area contributed by atoms with Crippen molar-refractivity contribution in [3.05, 3.63) is 61.0 Å². The smallest absolute Gasteiger partial charge is 0.256 e. The van der Waals surface area contributed by atoms with Gasteiger partial charge in [0.1, 0.15) is 5.75 Å². The Bertz CT molecular complexity index is 1090. The van der Waals surface area contributed by atoms with Crippen molar-refractivity contribution in [2.24, 2.45) is 0 Å². The Kier molecular flexibility index (Phi) is 5.88. The van der Waals surface area contributed by atoms with Gasteiger partial charge in [-0.3, -0.25) is 9.59 Å². The number of hydrogen-bond donors (Lipinski definition) is 2. The van der Waals surface area contributed by atoms with Crippen molar-refractivity contribution in [3.63, 3.8) is 0 Å². The summed E-state index contributed by atoms with van der Waals surface area (Å²) in [5.41, 5.74) is 4.58. The van der Waals surface area contributed by atoms with Crippen molar-refractivity contribution in [2.45, 2.75) is 71.6 Å². The first kappa shape index (κ1) is 21.9. The third-order valence-corrected chi connectivity index (χ3v) is 6.64. The van der Waals surface area contributed by atoms with E-state index in [0.717, 1.165) is 22.4 Å². The van der Waals surface area contributed by atoms with Gasteiger partial charge in [-0.25, -0.2) is 0 Å². The van der Waals surface area contributed by atoms with E-state index in [0.29, 0.717) is 47.7 Å². The lowest BCUT2D eigenvalue weighted by Gasteiger charge is -2.37. The number of nitrogens with zero attached hydrogens (tertiary/aromatic N) is 1. The van der Waals surface area contributed by atoms with Gasteiger partial charge in [-0.05, 0) is 81.7 Å². The Labute approximate surface area is 187 Å². The molecule has 31 heavy (non-hydrogen) atoms. The average molecular weight is 445 g/mol. The molecular formula is C24H29ClN2O4. The molecule has 2 aromatic rings. The first-order valence-electron chi connectivity index (χ1n) is 10.8. The Morgan fingerprint density at radius 1 is 1.26 bits per heavy atom. The van der Waals surface area contributed by atoms with E-state index < -0.39 is 0 Å². The van der Waals surface area contributed by atoms with Crippen LogP contribution in [0.1, 0.15) is 70.9 Å². The lowest BCUT2D eigenvalue weighted by Crippen LogP contribution is -2.40. The highest BCUT2D eigenvalue weighted by Gasteiger charge is 2.37. The summed E-state index contributed by atoms with van der Waals surface area (Å²) in [5, 5.41) is 10.1. The number of carbonyl (C=O) groups is 1. The molecule has 0 spiro atoms. The SMILES string of the molecule is Cc1cc(C)c(CN2CCc3c(C4CC(O)C4)cc(OC(C)C)c(Cl)c3C2=O)c(=O)[nH]1. The number of aliphatic hydroxyl groups excluding tert-OH is 1. The van der Waals surface area contributed by atoms with E-state index in [1.165, 1.54) is 0 Å². The van der Waals surface area contributed by atoms with Crippen LogP contribution in [0.3, 0.4) is 0 Å².